The predicted molar refractivity (Wildman–Crippen MR) is 102 cm³/mol. The van der Waals surface area contributed by atoms with Crippen molar-refractivity contribution in [3.63, 3.8) is 0 Å². The van der Waals surface area contributed by atoms with Crippen molar-refractivity contribution in [1.82, 2.24) is 15.3 Å². The number of amides is 1. The van der Waals surface area contributed by atoms with Gasteiger partial charge < -0.3 is 15.3 Å². The first-order valence-corrected chi connectivity index (χ1v) is 8.98. The van der Waals surface area contributed by atoms with Crippen LogP contribution in [0.3, 0.4) is 0 Å². The number of aromatic amines is 2. The maximum Gasteiger partial charge on any atom is 0.418 e. The van der Waals surface area contributed by atoms with E-state index in [0.717, 1.165) is 6.07 Å². The molecule has 2 heterocycles. The number of alkyl halides is 3. The van der Waals surface area contributed by atoms with E-state index in [2.05, 4.69) is 15.3 Å². The highest BCUT2D eigenvalue weighted by atomic mass is 19.4. The van der Waals surface area contributed by atoms with Gasteiger partial charge in [0.1, 0.15) is 11.5 Å². The van der Waals surface area contributed by atoms with Crippen LogP contribution in [0.1, 0.15) is 27.3 Å². The molecule has 0 unspecified atom stereocenters. The van der Waals surface area contributed by atoms with Gasteiger partial charge in [-0.1, -0.05) is 18.2 Å². The van der Waals surface area contributed by atoms with Crippen molar-refractivity contribution in [2.45, 2.75) is 19.5 Å². The van der Waals surface area contributed by atoms with E-state index in [1.54, 1.807) is 25.1 Å². The highest BCUT2D eigenvalue weighted by Crippen LogP contribution is 2.36. The summed E-state index contributed by atoms with van der Waals surface area (Å²) in [5, 5.41) is 3.53. The predicted octanol–water partition coefficient (Wildman–Crippen LogP) is 5.09. The van der Waals surface area contributed by atoms with E-state index in [9.17, 15) is 22.4 Å². The van der Waals surface area contributed by atoms with Crippen molar-refractivity contribution >= 4 is 27.7 Å². The number of carbonyl (C=O) groups excluding carboxylic acids is 1. The molecule has 150 valence electrons. The molecular formula is C21H17F4N3O. The molecule has 8 heteroatoms. The molecule has 0 spiro atoms. The van der Waals surface area contributed by atoms with Crippen molar-refractivity contribution in [3.8, 4) is 0 Å². The van der Waals surface area contributed by atoms with Gasteiger partial charge in [0.25, 0.3) is 5.91 Å². The Labute approximate surface area is 162 Å². The van der Waals surface area contributed by atoms with Gasteiger partial charge in [0.15, 0.2) is 0 Å². The van der Waals surface area contributed by atoms with E-state index >= 15 is 0 Å². The zero-order valence-electron chi connectivity index (χ0n) is 15.4. The molecule has 2 aromatic heterocycles. The van der Waals surface area contributed by atoms with Crippen LogP contribution < -0.4 is 5.32 Å². The zero-order chi connectivity index (χ0) is 20.8. The van der Waals surface area contributed by atoms with Crippen LogP contribution in [-0.4, -0.2) is 22.4 Å². The lowest BCUT2D eigenvalue weighted by molar-refractivity contribution is -0.136. The minimum Gasteiger partial charge on any atom is -0.358 e. The van der Waals surface area contributed by atoms with Crippen molar-refractivity contribution in [2.24, 2.45) is 0 Å². The van der Waals surface area contributed by atoms with Crippen LogP contribution in [0, 0.1) is 12.7 Å². The van der Waals surface area contributed by atoms with Crippen LogP contribution >= 0.6 is 0 Å². The van der Waals surface area contributed by atoms with Gasteiger partial charge in [0, 0.05) is 28.5 Å². The van der Waals surface area contributed by atoms with E-state index in [1.807, 2.05) is 0 Å². The fourth-order valence-electron chi connectivity index (χ4n) is 3.60. The quantitative estimate of drug-likeness (QED) is 0.409. The summed E-state index contributed by atoms with van der Waals surface area (Å²) in [5.74, 6) is -0.832. The van der Waals surface area contributed by atoms with E-state index < -0.39 is 23.5 Å². The van der Waals surface area contributed by atoms with Crippen LogP contribution in [0.5, 0.6) is 0 Å². The van der Waals surface area contributed by atoms with E-state index in [1.165, 1.54) is 18.2 Å². The number of halogens is 4. The second kappa shape index (κ2) is 6.95. The molecule has 0 atom stereocenters. The number of aryl methyl sites for hydroxylation is 1. The minimum absolute atomic E-state index is 0.0462. The van der Waals surface area contributed by atoms with Gasteiger partial charge >= 0.3 is 6.18 Å². The van der Waals surface area contributed by atoms with Crippen LogP contribution in [0.2, 0.25) is 0 Å². The number of carbonyl (C=O) groups is 1. The second-order valence-corrected chi connectivity index (χ2v) is 6.84. The average molecular weight is 403 g/mol. The SMILES string of the molecule is Cc1[nH]c2c(C(F)(F)F)cccc2c1CCNC(=O)c1cc2c(F)cccc2[nH]1. The largest absolute Gasteiger partial charge is 0.418 e. The summed E-state index contributed by atoms with van der Waals surface area (Å²) in [6, 6.07) is 10.0. The minimum atomic E-state index is -4.45. The summed E-state index contributed by atoms with van der Waals surface area (Å²) in [7, 11) is 0. The Hall–Kier alpha value is -3.29. The van der Waals surface area contributed by atoms with Crippen molar-refractivity contribution in [2.75, 3.05) is 6.54 Å². The number of nitrogens with one attached hydrogen (secondary N) is 3. The Bertz CT molecular complexity index is 1220. The van der Waals surface area contributed by atoms with Crippen LogP contribution in [0.15, 0.2) is 42.5 Å². The molecule has 4 nitrogen and oxygen atoms in total. The third-order valence-electron chi connectivity index (χ3n) is 4.98. The standard InChI is InChI=1S/C21H17F4N3O/c1-11-12(13-4-2-5-15(19(13)27-11)21(23,24)25)8-9-26-20(29)18-10-14-16(22)6-3-7-17(14)28-18/h2-7,10,27-28H,8-9H2,1H3,(H,26,29). The van der Waals surface area contributed by atoms with Crippen LogP contribution in [0.25, 0.3) is 21.8 Å². The fraction of sp³-hybridized carbons (Fsp3) is 0.190. The molecule has 2 aromatic carbocycles. The number of hydrogen-bond acceptors (Lipinski definition) is 1. The number of benzene rings is 2. The summed E-state index contributed by atoms with van der Waals surface area (Å²) in [5.41, 5.74) is 1.41. The maximum absolute atomic E-state index is 13.8. The summed E-state index contributed by atoms with van der Waals surface area (Å²) in [6.07, 6.45) is -4.10. The smallest absolute Gasteiger partial charge is 0.358 e. The van der Waals surface area contributed by atoms with Crippen molar-refractivity contribution in [1.29, 1.82) is 0 Å². The summed E-state index contributed by atoms with van der Waals surface area (Å²) < 4.78 is 53.4. The lowest BCUT2D eigenvalue weighted by Gasteiger charge is -2.08. The van der Waals surface area contributed by atoms with Crippen molar-refractivity contribution < 1.29 is 22.4 Å². The number of fused-ring (bicyclic) bond motifs is 2. The van der Waals surface area contributed by atoms with Gasteiger partial charge in [-0.25, -0.2) is 4.39 Å². The second-order valence-electron chi connectivity index (χ2n) is 6.84. The lowest BCUT2D eigenvalue weighted by atomic mass is 10.0. The average Bonchev–Trinajstić information content (AvgIpc) is 3.23. The number of aromatic nitrogens is 2. The molecule has 0 fully saturated rings. The van der Waals surface area contributed by atoms with Crippen LogP contribution in [0.4, 0.5) is 17.6 Å². The fourth-order valence-corrected chi connectivity index (χ4v) is 3.60. The third-order valence-corrected chi connectivity index (χ3v) is 4.98. The Morgan fingerprint density at radius 2 is 1.83 bits per heavy atom. The summed E-state index contributed by atoms with van der Waals surface area (Å²) >= 11 is 0. The molecule has 0 saturated carbocycles. The number of para-hydroxylation sites is 1. The summed E-state index contributed by atoms with van der Waals surface area (Å²) in [6.45, 7) is 1.93. The molecule has 4 aromatic rings. The maximum atomic E-state index is 13.8. The normalized spacial score (nSPS) is 12.0. The Morgan fingerprint density at radius 3 is 2.55 bits per heavy atom. The van der Waals surface area contributed by atoms with E-state index in [-0.39, 0.29) is 17.8 Å². The molecule has 0 aliphatic rings. The topological polar surface area (TPSA) is 60.7 Å². The Morgan fingerprint density at radius 1 is 1.07 bits per heavy atom. The molecule has 0 aliphatic heterocycles. The zero-order valence-corrected chi connectivity index (χ0v) is 15.4. The van der Waals surface area contributed by atoms with Gasteiger partial charge in [0.2, 0.25) is 0 Å². The Kier molecular flexibility index (Phi) is 4.56. The first-order chi connectivity index (χ1) is 13.8. The van der Waals surface area contributed by atoms with Gasteiger partial charge in [-0.05, 0) is 43.2 Å². The first-order valence-electron chi connectivity index (χ1n) is 8.98. The van der Waals surface area contributed by atoms with Crippen LogP contribution in [-0.2, 0) is 12.6 Å². The monoisotopic (exact) mass is 403 g/mol. The van der Waals surface area contributed by atoms with Gasteiger partial charge in [-0.3, -0.25) is 4.79 Å². The molecular weight excluding hydrogens is 386 g/mol. The molecule has 0 saturated heterocycles. The summed E-state index contributed by atoms with van der Waals surface area (Å²) in [4.78, 5) is 18.0. The molecule has 1 amide bonds. The number of H-pyrrole nitrogens is 2. The van der Waals surface area contributed by atoms with Gasteiger partial charge in [-0.15, -0.1) is 0 Å². The van der Waals surface area contributed by atoms with E-state index in [0.29, 0.717) is 34.0 Å². The molecule has 0 aliphatic carbocycles. The van der Waals surface area contributed by atoms with Gasteiger partial charge in [0.05, 0.1) is 11.1 Å². The third kappa shape index (κ3) is 3.46. The molecule has 3 N–H and O–H groups in total. The molecule has 29 heavy (non-hydrogen) atoms. The highest BCUT2D eigenvalue weighted by Gasteiger charge is 2.33. The number of rotatable bonds is 4. The highest BCUT2D eigenvalue weighted by molar-refractivity contribution is 5.98. The first kappa shape index (κ1) is 19.0. The molecule has 0 radical (unpaired) electrons. The van der Waals surface area contributed by atoms with Crippen molar-refractivity contribution in [3.05, 3.63) is 70.8 Å². The Balaban J connectivity index is 1.52. The lowest BCUT2D eigenvalue weighted by Crippen LogP contribution is -2.26. The molecule has 0 bridgehead atoms. The number of hydrogen-bond donors (Lipinski definition) is 3. The van der Waals surface area contributed by atoms with Gasteiger partial charge in [-0.2, -0.15) is 13.2 Å². The molecule has 4 rings (SSSR count). The van der Waals surface area contributed by atoms with E-state index in [4.69, 9.17) is 0 Å².